The molecule has 0 bridgehead atoms. The summed E-state index contributed by atoms with van der Waals surface area (Å²) in [6, 6.07) is 16.8. The van der Waals surface area contributed by atoms with Crippen LogP contribution >= 0.6 is 12.6 Å². The maximum Gasteiger partial charge on any atom is 0.0662 e. The predicted molar refractivity (Wildman–Crippen MR) is 61.3 cm³/mol. The lowest BCUT2D eigenvalue weighted by Crippen LogP contribution is -1.84. The minimum Gasteiger partial charge on any atom is -0.0800 e. The van der Waals surface area contributed by atoms with Crippen molar-refractivity contribution in [2.75, 3.05) is 0 Å². The molecule has 2 aromatic carbocycles. The van der Waals surface area contributed by atoms with Crippen molar-refractivity contribution in [3.8, 4) is 11.1 Å². The van der Waals surface area contributed by atoms with Gasteiger partial charge in [0.2, 0.25) is 0 Å². The fraction of sp³-hybridized carbons (Fsp3) is 0.0769. The molecule has 0 atom stereocenters. The maximum atomic E-state index is 5.51. The smallest absolute Gasteiger partial charge is 0.0662 e. The fourth-order valence-corrected chi connectivity index (χ4v) is 2.52. The second kappa shape index (κ2) is 2.89. The number of hydrogen-bond donors (Lipinski definition) is 0. The summed E-state index contributed by atoms with van der Waals surface area (Å²) in [5.41, 5.74) is 5.18. The normalized spacial score (nSPS) is 13.8. The molecule has 67 valence electrons. The first-order valence-electron chi connectivity index (χ1n) is 4.72. The molecule has 2 aromatic rings. The van der Waals surface area contributed by atoms with Gasteiger partial charge in [0, 0.05) is 0 Å². The van der Waals surface area contributed by atoms with Crippen molar-refractivity contribution in [1.82, 2.24) is 0 Å². The molecule has 0 fully saturated rings. The molecule has 0 amide bonds. The summed E-state index contributed by atoms with van der Waals surface area (Å²) in [6.45, 7) is 0. The molecule has 0 aromatic heterocycles. The van der Waals surface area contributed by atoms with Crippen LogP contribution < -0.4 is 0 Å². The van der Waals surface area contributed by atoms with Gasteiger partial charge in [0.25, 0.3) is 0 Å². The molecular formula is C13H9S. The zero-order chi connectivity index (χ0) is 9.54. The summed E-state index contributed by atoms with van der Waals surface area (Å²) in [5.74, 6) is 0. The number of hydrogen-bond acceptors (Lipinski definition) is 0. The summed E-state index contributed by atoms with van der Waals surface area (Å²) in [4.78, 5) is 0. The van der Waals surface area contributed by atoms with Gasteiger partial charge in [0.15, 0.2) is 0 Å². The van der Waals surface area contributed by atoms with Gasteiger partial charge in [-0.3, -0.25) is 0 Å². The van der Waals surface area contributed by atoms with Gasteiger partial charge in [-0.25, -0.2) is 0 Å². The molecule has 0 aliphatic heterocycles. The minimum atomic E-state index is 0.141. The molecule has 0 nitrogen and oxygen atoms in total. The quantitative estimate of drug-likeness (QED) is 0.599. The zero-order valence-electron chi connectivity index (χ0n) is 7.60. The Morgan fingerprint density at radius 2 is 1.14 bits per heavy atom. The average molecular weight is 197 g/mol. The molecule has 0 N–H and O–H groups in total. The lowest BCUT2D eigenvalue weighted by molar-refractivity contribution is 1.23. The van der Waals surface area contributed by atoms with Gasteiger partial charge in [-0.1, -0.05) is 61.2 Å². The van der Waals surface area contributed by atoms with Crippen LogP contribution in [0.3, 0.4) is 0 Å². The molecule has 0 spiro atoms. The van der Waals surface area contributed by atoms with E-state index in [9.17, 15) is 0 Å². The second-order valence-electron chi connectivity index (χ2n) is 3.55. The average Bonchev–Trinajstić information content (AvgIpc) is 2.55. The molecule has 0 unspecified atom stereocenters. The van der Waals surface area contributed by atoms with E-state index in [1.165, 1.54) is 22.3 Å². The molecule has 0 saturated heterocycles. The van der Waals surface area contributed by atoms with Crippen LogP contribution in [-0.2, 0) is 0 Å². The van der Waals surface area contributed by atoms with Crippen molar-refractivity contribution in [3.63, 3.8) is 0 Å². The molecule has 1 heteroatoms. The first kappa shape index (κ1) is 8.13. The van der Waals surface area contributed by atoms with Crippen LogP contribution in [0.1, 0.15) is 16.4 Å². The third-order valence-corrected chi connectivity index (χ3v) is 3.28. The number of rotatable bonds is 0. The standard InChI is InChI=1S/C13H9S/c14-13-11-7-3-1-5-9(11)10-6-2-4-8-12(10)13/h1-8,13H. The van der Waals surface area contributed by atoms with Crippen LogP contribution in [0.2, 0.25) is 0 Å². The largest absolute Gasteiger partial charge is 0.0800 e. The first-order chi connectivity index (χ1) is 6.88. The highest BCUT2D eigenvalue weighted by atomic mass is 32.1. The van der Waals surface area contributed by atoms with Crippen molar-refractivity contribution in [2.45, 2.75) is 5.25 Å². The van der Waals surface area contributed by atoms with Crippen molar-refractivity contribution >= 4 is 12.6 Å². The van der Waals surface area contributed by atoms with Crippen LogP contribution in [0.25, 0.3) is 11.1 Å². The highest BCUT2D eigenvalue weighted by Crippen LogP contribution is 2.45. The molecule has 3 rings (SSSR count). The van der Waals surface area contributed by atoms with Crippen LogP contribution in [0.5, 0.6) is 0 Å². The molecule has 0 saturated carbocycles. The third-order valence-electron chi connectivity index (χ3n) is 2.78. The van der Waals surface area contributed by atoms with E-state index in [2.05, 4.69) is 48.5 Å². The van der Waals surface area contributed by atoms with Crippen LogP contribution in [0.15, 0.2) is 48.5 Å². The van der Waals surface area contributed by atoms with Crippen LogP contribution in [0, 0.1) is 0 Å². The topological polar surface area (TPSA) is 0 Å². The fourth-order valence-electron chi connectivity index (χ4n) is 2.11. The molecular weight excluding hydrogens is 188 g/mol. The second-order valence-corrected chi connectivity index (χ2v) is 4.03. The van der Waals surface area contributed by atoms with Crippen LogP contribution in [-0.4, -0.2) is 0 Å². The Labute approximate surface area is 89.0 Å². The van der Waals surface area contributed by atoms with E-state index in [0.29, 0.717) is 0 Å². The van der Waals surface area contributed by atoms with Gasteiger partial charge < -0.3 is 0 Å². The SMILES string of the molecule is [S]C1c2ccccc2-c2ccccc21. The Morgan fingerprint density at radius 3 is 1.64 bits per heavy atom. The van der Waals surface area contributed by atoms with Gasteiger partial charge in [0.1, 0.15) is 0 Å². The Balaban J connectivity index is 2.36. The van der Waals surface area contributed by atoms with E-state index in [1.54, 1.807) is 0 Å². The Bertz CT molecular complexity index is 443. The number of benzene rings is 2. The van der Waals surface area contributed by atoms with Gasteiger partial charge >= 0.3 is 0 Å². The Kier molecular flexibility index (Phi) is 1.68. The molecule has 0 heterocycles. The van der Waals surface area contributed by atoms with E-state index in [0.717, 1.165) is 0 Å². The summed E-state index contributed by atoms with van der Waals surface area (Å²) >= 11 is 5.51. The van der Waals surface area contributed by atoms with Gasteiger partial charge in [-0.2, -0.15) is 0 Å². The lowest BCUT2D eigenvalue weighted by Gasteiger charge is -2.02. The van der Waals surface area contributed by atoms with E-state index in [-0.39, 0.29) is 5.25 Å². The monoisotopic (exact) mass is 197 g/mol. The van der Waals surface area contributed by atoms with E-state index < -0.39 is 0 Å². The van der Waals surface area contributed by atoms with Crippen molar-refractivity contribution in [2.24, 2.45) is 0 Å². The van der Waals surface area contributed by atoms with Crippen LogP contribution in [0.4, 0.5) is 0 Å². The number of fused-ring (bicyclic) bond motifs is 3. The summed E-state index contributed by atoms with van der Waals surface area (Å²) in [7, 11) is 0. The summed E-state index contributed by atoms with van der Waals surface area (Å²) in [6.07, 6.45) is 0. The molecule has 14 heavy (non-hydrogen) atoms. The maximum absolute atomic E-state index is 5.51. The van der Waals surface area contributed by atoms with Gasteiger partial charge in [0.05, 0.1) is 5.25 Å². The van der Waals surface area contributed by atoms with E-state index in [1.807, 2.05) is 0 Å². The lowest BCUT2D eigenvalue weighted by atomic mass is 10.1. The minimum absolute atomic E-state index is 0.141. The Morgan fingerprint density at radius 1 is 0.714 bits per heavy atom. The summed E-state index contributed by atoms with van der Waals surface area (Å²) in [5, 5.41) is 0.141. The predicted octanol–water partition coefficient (Wildman–Crippen LogP) is 3.95. The zero-order valence-corrected chi connectivity index (χ0v) is 8.42. The van der Waals surface area contributed by atoms with Gasteiger partial charge in [-0.05, 0) is 22.3 Å². The van der Waals surface area contributed by atoms with Crippen molar-refractivity contribution in [1.29, 1.82) is 0 Å². The van der Waals surface area contributed by atoms with Gasteiger partial charge in [-0.15, -0.1) is 0 Å². The van der Waals surface area contributed by atoms with E-state index >= 15 is 0 Å². The third kappa shape index (κ3) is 0.962. The highest BCUT2D eigenvalue weighted by Gasteiger charge is 2.25. The molecule has 1 aliphatic carbocycles. The first-order valence-corrected chi connectivity index (χ1v) is 5.19. The van der Waals surface area contributed by atoms with Crippen molar-refractivity contribution in [3.05, 3.63) is 59.7 Å². The Hall–Kier alpha value is -1.21. The molecule has 1 aliphatic rings. The molecule has 1 radical (unpaired) electrons. The van der Waals surface area contributed by atoms with E-state index in [4.69, 9.17) is 12.6 Å². The highest BCUT2D eigenvalue weighted by molar-refractivity contribution is 7.80. The van der Waals surface area contributed by atoms with Crippen molar-refractivity contribution < 1.29 is 0 Å². The summed E-state index contributed by atoms with van der Waals surface area (Å²) < 4.78 is 0.